The molecule has 1 aliphatic carbocycles. The Kier molecular flexibility index (Phi) is 4.17. The van der Waals surface area contributed by atoms with Crippen molar-refractivity contribution in [3.05, 3.63) is 27.7 Å². The summed E-state index contributed by atoms with van der Waals surface area (Å²) < 4.78 is 6.84. The largest absolute Gasteiger partial charge is 0.383 e. The van der Waals surface area contributed by atoms with Gasteiger partial charge in [0.2, 0.25) is 0 Å². The highest BCUT2D eigenvalue weighted by Crippen LogP contribution is 2.20. The van der Waals surface area contributed by atoms with Gasteiger partial charge < -0.3 is 4.74 Å². The molecule has 2 aliphatic rings. The Morgan fingerprint density at radius 3 is 3.15 bits per heavy atom. The normalized spacial score (nSPS) is 22.4. The maximum atomic E-state index is 12.1. The number of rotatable bonds is 5. The second kappa shape index (κ2) is 6.06. The van der Waals surface area contributed by atoms with E-state index in [9.17, 15) is 4.79 Å². The number of hydrogen-bond donors (Lipinski definition) is 0. The number of hydrogen-bond acceptors (Lipinski definition) is 4. The zero-order chi connectivity index (χ0) is 13.9. The molecule has 1 saturated heterocycles. The van der Waals surface area contributed by atoms with Crippen molar-refractivity contribution < 1.29 is 4.74 Å². The van der Waals surface area contributed by atoms with Gasteiger partial charge in [-0.1, -0.05) is 0 Å². The van der Waals surface area contributed by atoms with Crippen molar-refractivity contribution in [3.8, 4) is 0 Å². The second-order valence-corrected chi connectivity index (χ2v) is 5.81. The highest BCUT2D eigenvalue weighted by molar-refractivity contribution is 5.22. The summed E-state index contributed by atoms with van der Waals surface area (Å²) in [5, 5.41) is 4.58. The fourth-order valence-corrected chi connectivity index (χ4v) is 3.37. The van der Waals surface area contributed by atoms with Crippen LogP contribution in [0.5, 0.6) is 0 Å². The van der Waals surface area contributed by atoms with Gasteiger partial charge in [-0.2, -0.15) is 5.10 Å². The van der Waals surface area contributed by atoms with Gasteiger partial charge in [-0.25, -0.2) is 4.68 Å². The van der Waals surface area contributed by atoms with Crippen LogP contribution in [0.25, 0.3) is 0 Å². The second-order valence-electron chi connectivity index (χ2n) is 5.81. The highest BCUT2D eigenvalue weighted by Gasteiger charge is 2.25. The molecule has 0 radical (unpaired) electrons. The standard InChI is InChI=1S/C15H23N3O2/c1-20-9-8-17-7-3-5-13(17)11-18-15(19)10-12-4-2-6-14(12)16-18/h10,13H,2-9,11H2,1H3. The lowest BCUT2D eigenvalue weighted by Crippen LogP contribution is -2.38. The average molecular weight is 277 g/mol. The maximum absolute atomic E-state index is 12.1. The number of fused-ring (bicyclic) bond motifs is 1. The van der Waals surface area contributed by atoms with Gasteiger partial charge in [0.05, 0.1) is 18.8 Å². The van der Waals surface area contributed by atoms with Gasteiger partial charge in [-0.3, -0.25) is 9.69 Å². The molecule has 110 valence electrons. The van der Waals surface area contributed by atoms with Crippen molar-refractivity contribution in [2.45, 2.75) is 44.7 Å². The van der Waals surface area contributed by atoms with E-state index in [0.29, 0.717) is 6.04 Å². The molecule has 0 spiro atoms. The lowest BCUT2D eigenvalue weighted by molar-refractivity contribution is 0.133. The molecule has 20 heavy (non-hydrogen) atoms. The molecule has 0 saturated carbocycles. The van der Waals surface area contributed by atoms with Crippen LogP contribution in [-0.2, 0) is 24.1 Å². The minimum absolute atomic E-state index is 0.0595. The quantitative estimate of drug-likeness (QED) is 0.800. The molecule has 1 aromatic heterocycles. The summed E-state index contributed by atoms with van der Waals surface area (Å²) in [5.41, 5.74) is 2.35. The fraction of sp³-hybridized carbons (Fsp3) is 0.733. The van der Waals surface area contributed by atoms with E-state index >= 15 is 0 Å². The van der Waals surface area contributed by atoms with E-state index in [-0.39, 0.29) is 5.56 Å². The molecule has 1 aromatic rings. The number of likely N-dealkylation sites (tertiary alicyclic amines) is 1. The molecule has 0 N–H and O–H groups in total. The molecule has 2 heterocycles. The van der Waals surface area contributed by atoms with Crippen LogP contribution in [-0.4, -0.2) is 47.5 Å². The lowest BCUT2D eigenvalue weighted by atomic mass is 10.2. The SMILES string of the molecule is COCCN1CCCC1Cn1nc2c(cc1=O)CCC2. The molecule has 0 bridgehead atoms. The van der Waals surface area contributed by atoms with Crippen LogP contribution in [0.1, 0.15) is 30.5 Å². The predicted molar refractivity (Wildman–Crippen MR) is 77.0 cm³/mol. The Morgan fingerprint density at radius 2 is 2.30 bits per heavy atom. The Morgan fingerprint density at radius 1 is 1.40 bits per heavy atom. The van der Waals surface area contributed by atoms with E-state index in [1.807, 2.05) is 0 Å². The first-order valence-corrected chi connectivity index (χ1v) is 7.61. The first-order valence-electron chi connectivity index (χ1n) is 7.61. The zero-order valence-electron chi connectivity index (χ0n) is 12.2. The van der Waals surface area contributed by atoms with Crippen LogP contribution in [0.3, 0.4) is 0 Å². The minimum Gasteiger partial charge on any atom is -0.383 e. The molecular formula is C15H23N3O2. The lowest BCUT2D eigenvalue weighted by Gasteiger charge is -2.24. The van der Waals surface area contributed by atoms with Gasteiger partial charge in [-0.15, -0.1) is 0 Å². The summed E-state index contributed by atoms with van der Waals surface area (Å²) in [4.78, 5) is 14.6. The summed E-state index contributed by atoms with van der Waals surface area (Å²) in [6.45, 7) is 3.52. The molecule has 1 aliphatic heterocycles. The monoisotopic (exact) mass is 277 g/mol. The Balaban J connectivity index is 1.72. The van der Waals surface area contributed by atoms with Gasteiger partial charge in [0, 0.05) is 25.8 Å². The van der Waals surface area contributed by atoms with Crippen LogP contribution in [0.2, 0.25) is 0 Å². The van der Waals surface area contributed by atoms with E-state index in [4.69, 9.17) is 4.74 Å². The van der Waals surface area contributed by atoms with Crippen LogP contribution in [0, 0.1) is 0 Å². The topological polar surface area (TPSA) is 47.4 Å². The third kappa shape index (κ3) is 2.79. The van der Waals surface area contributed by atoms with Gasteiger partial charge in [0.15, 0.2) is 0 Å². The predicted octanol–water partition coefficient (Wildman–Crippen LogP) is 0.843. The van der Waals surface area contributed by atoms with Crippen LogP contribution in [0.15, 0.2) is 10.9 Å². The minimum atomic E-state index is 0.0595. The van der Waals surface area contributed by atoms with Crippen LogP contribution >= 0.6 is 0 Å². The van der Waals surface area contributed by atoms with Crippen molar-refractivity contribution in [1.29, 1.82) is 0 Å². The van der Waals surface area contributed by atoms with E-state index < -0.39 is 0 Å². The van der Waals surface area contributed by atoms with Crippen LogP contribution < -0.4 is 5.56 Å². The van der Waals surface area contributed by atoms with Gasteiger partial charge in [-0.05, 0) is 44.2 Å². The summed E-state index contributed by atoms with van der Waals surface area (Å²) in [6, 6.07) is 2.22. The molecule has 5 heteroatoms. The number of aromatic nitrogens is 2. The van der Waals surface area contributed by atoms with E-state index in [1.165, 1.54) is 6.42 Å². The van der Waals surface area contributed by atoms with E-state index in [2.05, 4.69) is 10.00 Å². The van der Waals surface area contributed by atoms with Gasteiger partial charge in [0.1, 0.15) is 0 Å². The molecule has 1 atom stereocenters. The van der Waals surface area contributed by atoms with E-state index in [1.54, 1.807) is 17.9 Å². The maximum Gasteiger partial charge on any atom is 0.267 e. The first kappa shape index (κ1) is 13.8. The summed E-state index contributed by atoms with van der Waals surface area (Å²) in [5.74, 6) is 0. The summed E-state index contributed by atoms with van der Waals surface area (Å²) >= 11 is 0. The smallest absolute Gasteiger partial charge is 0.267 e. The average Bonchev–Trinajstić information content (AvgIpc) is 3.06. The number of methoxy groups -OCH3 is 1. The van der Waals surface area contributed by atoms with Crippen LogP contribution in [0.4, 0.5) is 0 Å². The van der Waals surface area contributed by atoms with Crippen molar-refractivity contribution in [3.63, 3.8) is 0 Å². The van der Waals surface area contributed by atoms with Gasteiger partial charge in [0.25, 0.3) is 5.56 Å². The fourth-order valence-electron chi connectivity index (χ4n) is 3.37. The Hall–Kier alpha value is -1.20. The molecule has 5 nitrogen and oxygen atoms in total. The van der Waals surface area contributed by atoms with Crippen molar-refractivity contribution in [1.82, 2.24) is 14.7 Å². The molecule has 1 unspecified atom stereocenters. The third-order valence-corrected chi connectivity index (χ3v) is 4.49. The Labute approximate surface area is 119 Å². The number of aryl methyl sites for hydroxylation is 2. The molecule has 3 rings (SSSR count). The Bertz CT molecular complexity index is 526. The van der Waals surface area contributed by atoms with Crippen molar-refractivity contribution in [2.75, 3.05) is 26.8 Å². The van der Waals surface area contributed by atoms with Crippen molar-refractivity contribution >= 4 is 0 Å². The zero-order valence-corrected chi connectivity index (χ0v) is 12.2. The summed E-state index contributed by atoms with van der Waals surface area (Å²) in [6.07, 6.45) is 5.52. The highest BCUT2D eigenvalue weighted by atomic mass is 16.5. The van der Waals surface area contributed by atoms with Crippen molar-refractivity contribution in [2.24, 2.45) is 0 Å². The number of nitrogens with zero attached hydrogens (tertiary/aromatic N) is 3. The van der Waals surface area contributed by atoms with Gasteiger partial charge >= 0.3 is 0 Å². The van der Waals surface area contributed by atoms with E-state index in [0.717, 1.165) is 63.2 Å². The number of ether oxygens (including phenoxy) is 1. The third-order valence-electron chi connectivity index (χ3n) is 4.49. The molecule has 1 fully saturated rings. The molecule has 0 amide bonds. The first-order chi connectivity index (χ1) is 9.78. The summed E-state index contributed by atoms with van der Waals surface area (Å²) in [7, 11) is 1.73. The molecular weight excluding hydrogens is 254 g/mol. The molecule has 0 aromatic carbocycles.